The third-order valence-corrected chi connectivity index (χ3v) is 4.43. The van der Waals surface area contributed by atoms with Crippen molar-refractivity contribution in [3.63, 3.8) is 0 Å². The van der Waals surface area contributed by atoms with Crippen LogP contribution >= 0.6 is 11.6 Å². The van der Waals surface area contributed by atoms with E-state index >= 15 is 0 Å². The fourth-order valence-electron chi connectivity index (χ4n) is 2.94. The van der Waals surface area contributed by atoms with Gasteiger partial charge < -0.3 is 24.8 Å². The van der Waals surface area contributed by atoms with E-state index in [-0.39, 0.29) is 11.1 Å². The largest absolute Gasteiger partial charge is 0.493 e. The monoisotopic (exact) mass is 396 g/mol. The van der Waals surface area contributed by atoms with Crippen molar-refractivity contribution < 1.29 is 23.8 Å². The van der Waals surface area contributed by atoms with Crippen molar-refractivity contribution in [3.8, 4) is 11.5 Å². The summed E-state index contributed by atoms with van der Waals surface area (Å²) in [6.07, 6.45) is 0.977. The van der Waals surface area contributed by atoms with Crippen LogP contribution in [0.3, 0.4) is 0 Å². The first-order valence-electron chi connectivity index (χ1n) is 8.75. The van der Waals surface area contributed by atoms with Crippen molar-refractivity contribution in [2.45, 2.75) is 45.8 Å². The lowest BCUT2D eigenvalue weighted by molar-refractivity contribution is -0.143. The summed E-state index contributed by atoms with van der Waals surface area (Å²) in [6, 6.07) is 2.21. The smallest absolute Gasteiger partial charge is 0.338 e. The second kappa shape index (κ2) is 8.99. The maximum absolute atomic E-state index is 12.8. The summed E-state index contributed by atoms with van der Waals surface area (Å²) in [5, 5.41) is 5.75. The molecule has 1 aliphatic heterocycles. The molecule has 1 unspecified atom stereocenters. The summed E-state index contributed by atoms with van der Waals surface area (Å²) in [4.78, 5) is 25.0. The van der Waals surface area contributed by atoms with Gasteiger partial charge in [-0.2, -0.15) is 0 Å². The number of esters is 1. The lowest BCUT2D eigenvalue weighted by Gasteiger charge is -2.30. The molecular formula is C19H25ClN2O5. The summed E-state index contributed by atoms with van der Waals surface area (Å²) in [6.45, 7) is 5.50. The van der Waals surface area contributed by atoms with E-state index in [0.29, 0.717) is 34.8 Å². The Morgan fingerprint density at radius 3 is 2.52 bits per heavy atom. The molecule has 0 saturated heterocycles. The lowest BCUT2D eigenvalue weighted by Crippen LogP contribution is -2.46. The Kier molecular flexibility index (Phi) is 6.96. The van der Waals surface area contributed by atoms with Crippen molar-refractivity contribution in [3.05, 3.63) is 34.0 Å². The highest BCUT2D eigenvalue weighted by molar-refractivity contribution is 6.33. The number of amides is 2. The van der Waals surface area contributed by atoms with Crippen LogP contribution in [0.25, 0.3) is 0 Å². The molecular weight excluding hydrogens is 372 g/mol. The molecule has 0 radical (unpaired) electrons. The zero-order valence-corrected chi connectivity index (χ0v) is 16.9. The second-order valence-electron chi connectivity index (χ2n) is 6.33. The van der Waals surface area contributed by atoms with E-state index in [0.717, 1.165) is 6.42 Å². The van der Waals surface area contributed by atoms with E-state index in [2.05, 4.69) is 10.6 Å². The van der Waals surface area contributed by atoms with Gasteiger partial charge in [-0.25, -0.2) is 9.59 Å². The van der Waals surface area contributed by atoms with Crippen molar-refractivity contribution >= 4 is 23.6 Å². The first-order chi connectivity index (χ1) is 12.8. The van der Waals surface area contributed by atoms with Gasteiger partial charge in [-0.1, -0.05) is 31.0 Å². The second-order valence-corrected chi connectivity index (χ2v) is 6.71. The molecule has 1 heterocycles. The van der Waals surface area contributed by atoms with Crippen LogP contribution in [-0.2, 0) is 9.53 Å². The third-order valence-electron chi connectivity index (χ3n) is 4.04. The standard InChI is InChI=1S/C19H25ClN2O5/c1-6-7-12-14(18(23)27-10(2)3)16(22-19(24)21-12)11-8-9-13(25-4)17(26-5)15(11)20/h8-10,16H,6-7H2,1-5H3,(H2,21,22,24). The Bertz CT molecular complexity index is 761. The Hall–Kier alpha value is -2.41. The van der Waals surface area contributed by atoms with Gasteiger partial charge in [0.1, 0.15) is 0 Å². The van der Waals surface area contributed by atoms with Crippen molar-refractivity contribution in [1.29, 1.82) is 0 Å². The fourth-order valence-corrected chi connectivity index (χ4v) is 3.29. The first kappa shape index (κ1) is 20.9. The molecule has 8 heteroatoms. The zero-order chi connectivity index (χ0) is 20.1. The number of rotatable bonds is 7. The molecule has 1 aliphatic rings. The van der Waals surface area contributed by atoms with E-state index in [4.69, 9.17) is 25.8 Å². The minimum absolute atomic E-state index is 0.259. The molecule has 0 bridgehead atoms. The molecule has 0 fully saturated rings. The molecule has 1 aromatic carbocycles. The fraction of sp³-hybridized carbons (Fsp3) is 0.474. The van der Waals surface area contributed by atoms with Gasteiger partial charge in [0.05, 0.1) is 37.0 Å². The van der Waals surface area contributed by atoms with Crippen LogP contribution in [0.15, 0.2) is 23.4 Å². The normalized spacial score (nSPS) is 16.7. The Balaban J connectivity index is 2.62. The molecule has 7 nitrogen and oxygen atoms in total. The third kappa shape index (κ3) is 4.47. The SMILES string of the molecule is CCCC1=C(C(=O)OC(C)C)C(c2ccc(OC)c(OC)c2Cl)NC(=O)N1. The highest BCUT2D eigenvalue weighted by atomic mass is 35.5. The number of allylic oxidation sites excluding steroid dienone is 1. The Labute approximate surface area is 164 Å². The van der Waals surface area contributed by atoms with Crippen LogP contribution in [0, 0.1) is 0 Å². The Morgan fingerprint density at radius 1 is 1.26 bits per heavy atom. The average molecular weight is 397 g/mol. The Morgan fingerprint density at radius 2 is 1.96 bits per heavy atom. The predicted octanol–water partition coefficient (Wildman–Crippen LogP) is 3.72. The number of ether oxygens (including phenoxy) is 3. The molecule has 0 spiro atoms. The van der Waals surface area contributed by atoms with Crippen molar-refractivity contribution in [2.24, 2.45) is 0 Å². The van der Waals surface area contributed by atoms with Gasteiger partial charge in [0, 0.05) is 11.3 Å². The molecule has 2 N–H and O–H groups in total. The highest BCUT2D eigenvalue weighted by Crippen LogP contribution is 2.42. The van der Waals surface area contributed by atoms with E-state index in [1.165, 1.54) is 14.2 Å². The number of carbonyl (C=O) groups is 2. The van der Waals surface area contributed by atoms with E-state index in [1.807, 2.05) is 6.92 Å². The number of hydrogen-bond acceptors (Lipinski definition) is 5. The quantitative estimate of drug-likeness (QED) is 0.686. The molecule has 2 amide bonds. The molecule has 0 aliphatic carbocycles. The summed E-state index contributed by atoms with van der Waals surface area (Å²) in [5.74, 6) is 0.283. The summed E-state index contributed by atoms with van der Waals surface area (Å²) in [5.41, 5.74) is 1.38. The van der Waals surface area contributed by atoms with Crippen LogP contribution in [-0.4, -0.2) is 32.3 Å². The van der Waals surface area contributed by atoms with Gasteiger partial charge in [-0.05, 0) is 26.3 Å². The zero-order valence-electron chi connectivity index (χ0n) is 16.1. The van der Waals surface area contributed by atoms with Gasteiger partial charge in [0.15, 0.2) is 11.5 Å². The van der Waals surface area contributed by atoms with Gasteiger partial charge >= 0.3 is 12.0 Å². The first-order valence-corrected chi connectivity index (χ1v) is 9.13. The number of methoxy groups -OCH3 is 2. The maximum atomic E-state index is 12.8. The number of nitrogens with one attached hydrogen (secondary N) is 2. The molecule has 0 saturated carbocycles. The average Bonchev–Trinajstić information content (AvgIpc) is 2.60. The van der Waals surface area contributed by atoms with Gasteiger partial charge in [0.2, 0.25) is 0 Å². The minimum atomic E-state index is -0.765. The molecule has 148 valence electrons. The minimum Gasteiger partial charge on any atom is -0.493 e. The van der Waals surface area contributed by atoms with Crippen LogP contribution in [0.2, 0.25) is 5.02 Å². The summed E-state index contributed by atoms with van der Waals surface area (Å²) >= 11 is 6.52. The maximum Gasteiger partial charge on any atom is 0.338 e. The molecule has 1 atom stereocenters. The van der Waals surface area contributed by atoms with Crippen LogP contribution in [0.4, 0.5) is 4.79 Å². The predicted molar refractivity (Wildman–Crippen MR) is 102 cm³/mol. The van der Waals surface area contributed by atoms with Gasteiger partial charge in [-0.15, -0.1) is 0 Å². The lowest BCUT2D eigenvalue weighted by atomic mass is 9.93. The van der Waals surface area contributed by atoms with Crippen LogP contribution in [0.1, 0.15) is 45.2 Å². The van der Waals surface area contributed by atoms with Crippen molar-refractivity contribution in [1.82, 2.24) is 10.6 Å². The highest BCUT2D eigenvalue weighted by Gasteiger charge is 2.35. The summed E-state index contributed by atoms with van der Waals surface area (Å²) in [7, 11) is 2.98. The number of carbonyl (C=O) groups excluding carboxylic acids is 2. The molecule has 2 rings (SSSR count). The van der Waals surface area contributed by atoms with E-state index < -0.39 is 18.0 Å². The summed E-state index contributed by atoms with van der Waals surface area (Å²) < 4.78 is 16.0. The van der Waals surface area contributed by atoms with Crippen LogP contribution < -0.4 is 20.1 Å². The molecule has 0 aromatic heterocycles. The number of urea groups is 1. The number of benzene rings is 1. The number of halogens is 1. The van der Waals surface area contributed by atoms with Crippen molar-refractivity contribution in [2.75, 3.05) is 14.2 Å². The topological polar surface area (TPSA) is 85.9 Å². The molecule has 1 aromatic rings. The van der Waals surface area contributed by atoms with Crippen LogP contribution in [0.5, 0.6) is 11.5 Å². The van der Waals surface area contributed by atoms with Gasteiger partial charge in [0.25, 0.3) is 0 Å². The van der Waals surface area contributed by atoms with E-state index in [9.17, 15) is 9.59 Å². The van der Waals surface area contributed by atoms with Gasteiger partial charge in [-0.3, -0.25) is 0 Å². The van der Waals surface area contributed by atoms with E-state index in [1.54, 1.807) is 26.0 Å². The number of hydrogen-bond donors (Lipinski definition) is 2. The molecule has 27 heavy (non-hydrogen) atoms.